The number of nitrogens with one attached hydrogen (secondary N) is 1. The van der Waals surface area contributed by atoms with Gasteiger partial charge in [-0.3, -0.25) is 4.57 Å². The van der Waals surface area contributed by atoms with E-state index in [1.165, 1.54) is 18.0 Å². The molecule has 0 amide bonds. The highest BCUT2D eigenvalue weighted by Crippen LogP contribution is 2.33. The van der Waals surface area contributed by atoms with E-state index in [0.29, 0.717) is 23.5 Å². The van der Waals surface area contributed by atoms with Crippen LogP contribution < -0.4 is 5.32 Å². The number of aliphatic hydroxyl groups excluding tert-OH is 2. The Morgan fingerprint density at radius 1 is 1.06 bits per heavy atom. The molecule has 2 aromatic heterocycles. The van der Waals surface area contributed by atoms with Gasteiger partial charge in [0.15, 0.2) is 23.2 Å². The van der Waals surface area contributed by atoms with Gasteiger partial charge in [0, 0.05) is 19.6 Å². The first-order valence-corrected chi connectivity index (χ1v) is 11.6. The minimum absolute atomic E-state index is 0.0231. The SMILES string of the molecule is COC[C@H]1O[C@@H](n2cnc3c(NCC(c4ccccc4)c4ccccc4)nc(C#N)nc32)[C@H](O)[C@@H]1O. The largest absolute Gasteiger partial charge is 0.387 e. The molecular formula is C26H26N6O4. The summed E-state index contributed by atoms with van der Waals surface area (Å²) in [6.07, 6.45) is -2.55. The van der Waals surface area contributed by atoms with Crippen molar-refractivity contribution in [3.63, 3.8) is 0 Å². The third-order valence-electron chi connectivity index (χ3n) is 6.34. The lowest BCUT2D eigenvalue weighted by Crippen LogP contribution is -2.33. The van der Waals surface area contributed by atoms with Crippen LogP contribution in [0.1, 0.15) is 29.1 Å². The number of fused-ring (bicyclic) bond motifs is 1. The Labute approximate surface area is 207 Å². The lowest BCUT2D eigenvalue weighted by atomic mass is 9.91. The molecule has 0 spiro atoms. The predicted octanol–water partition coefficient (Wildman–Crippen LogP) is 2.21. The van der Waals surface area contributed by atoms with Gasteiger partial charge in [0.2, 0.25) is 5.82 Å². The second-order valence-electron chi connectivity index (χ2n) is 8.59. The van der Waals surface area contributed by atoms with E-state index in [2.05, 4.69) is 44.5 Å². The van der Waals surface area contributed by atoms with Crippen molar-refractivity contribution in [1.82, 2.24) is 19.5 Å². The van der Waals surface area contributed by atoms with E-state index in [-0.39, 0.29) is 18.3 Å². The molecule has 3 N–H and O–H groups in total. The third-order valence-corrected chi connectivity index (χ3v) is 6.34. The molecule has 1 saturated heterocycles. The summed E-state index contributed by atoms with van der Waals surface area (Å²) in [4.78, 5) is 13.1. The first-order valence-electron chi connectivity index (χ1n) is 11.6. The molecule has 10 nitrogen and oxygen atoms in total. The van der Waals surface area contributed by atoms with E-state index in [1.807, 2.05) is 42.5 Å². The van der Waals surface area contributed by atoms with Gasteiger partial charge in [-0.2, -0.15) is 15.2 Å². The molecule has 1 aliphatic heterocycles. The van der Waals surface area contributed by atoms with Crippen molar-refractivity contribution in [2.24, 2.45) is 0 Å². The molecule has 184 valence electrons. The van der Waals surface area contributed by atoms with E-state index in [1.54, 1.807) is 0 Å². The number of hydrogen-bond donors (Lipinski definition) is 3. The highest BCUT2D eigenvalue weighted by molar-refractivity contribution is 5.83. The van der Waals surface area contributed by atoms with Crippen LogP contribution in [0.5, 0.6) is 0 Å². The average Bonchev–Trinajstić information content (AvgIpc) is 3.46. The van der Waals surface area contributed by atoms with Crippen molar-refractivity contribution in [1.29, 1.82) is 5.26 Å². The van der Waals surface area contributed by atoms with Crippen LogP contribution in [0.15, 0.2) is 67.0 Å². The molecule has 4 aromatic rings. The Balaban J connectivity index is 1.48. The van der Waals surface area contributed by atoms with Gasteiger partial charge in [-0.1, -0.05) is 60.7 Å². The van der Waals surface area contributed by atoms with Crippen molar-refractivity contribution in [3.05, 3.63) is 83.9 Å². The Kier molecular flexibility index (Phi) is 6.88. The fraction of sp³-hybridized carbons (Fsp3) is 0.308. The molecule has 3 heterocycles. The molecule has 4 atom stereocenters. The van der Waals surface area contributed by atoms with Gasteiger partial charge in [0.05, 0.1) is 12.9 Å². The summed E-state index contributed by atoms with van der Waals surface area (Å²) in [5.74, 6) is 0.368. The normalized spacial score (nSPS) is 21.6. The average molecular weight is 487 g/mol. The molecule has 1 fully saturated rings. The quantitative estimate of drug-likeness (QED) is 0.342. The molecular weight excluding hydrogens is 460 g/mol. The van der Waals surface area contributed by atoms with E-state index >= 15 is 0 Å². The molecule has 0 saturated carbocycles. The Morgan fingerprint density at radius 2 is 1.72 bits per heavy atom. The van der Waals surface area contributed by atoms with Crippen LogP contribution in [0.2, 0.25) is 0 Å². The van der Waals surface area contributed by atoms with E-state index in [9.17, 15) is 15.5 Å². The predicted molar refractivity (Wildman–Crippen MR) is 131 cm³/mol. The highest BCUT2D eigenvalue weighted by Gasteiger charge is 2.44. The molecule has 1 aliphatic rings. The molecule has 10 heteroatoms. The minimum atomic E-state index is -1.22. The molecule has 2 aromatic carbocycles. The number of aliphatic hydroxyl groups is 2. The second kappa shape index (κ2) is 10.4. The maximum Gasteiger partial charge on any atom is 0.236 e. The molecule has 0 bridgehead atoms. The van der Waals surface area contributed by atoms with Crippen LogP contribution in [0.4, 0.5) is 5.82 Å². The van der Waals surface area contributed by atoms with Gasteiger partial charge in [-0.15, -0.1) is 0 Å². The van der Waals surface area contributed by atoms with E-state index in [4.69, 9.17) is 9.47 Å². The summed E-state index contributed by atoms with van der Waals surface area (Å²) >= 11 is 0. The van der Waals surface area contributed by atoms with Gasteiger partial charge in [-0.05, 0) is 11.1 Å². The summed E-state index contributed by atoms with van der Waals surface area (Å²) in [6.45, 7) is 0.613. The van der Waals surface area contributed by atoms with Crippen LogP contribution in [0.25, 0.3) is 11.2 Å². The minimum Gasteiger partial charge on any atom is -0.387 e. The topological polar surface area (TPSA) is 138 Å². The number of methoxy groups -OCH3 is 1. The smallest absolute Gasteiger partial charge is 0.236 e. The maximum absolute atomic E-state index is 10.6. The molecule has 5 rings (SSSR count). The lowest BCUT2D eigenvalue weighted by Gasteiger charge is -2.19. The summed E-state index contributed by atoms with van der Waals surface area (Å²) in [6, 6.07) is 22.3. The van der Waals surface area contributed by atoms with Crippen LogP contribution in [0.3, 0.4) is 0 Å². The zero-order chi connectivity index (χ0) is 25.1. The fourth-order valence-electron chi connectivity index (χ4n) is 4.53. The van der Waals surface area contributed by atoms with Gasteiger partial charge in [0.25, 0.3) is 0 Å². The summed E-state index contributed by atoms with van der Waals surface area (Å²) in [7, 11) is 1.49. The van der Waals surface area contributed by atoms with Crippen molar-refractivity contribution < 1.29 is 19.7 Å². The number of anilines is 1. The third kappa shape index (κ3) is 4.53. The summed E-state index contributed by atoms with van der Waals surface area (Å²) in [5.41, 5.74) is 3.00. The van der Waals surface area contributed by atoms with Crippen molar-refractivity contribution in [2.75, 3.05) is 25.6 Å². The Hall–Kier alpha value is -3.88. The summed E-state index contributed by atoms with van der Waals surface area (Å²) in [5, 5.41) is 33.9. The van der Waals surface area contributed by atoms with Crippen molar-refractivity contribution in [2.45, 2.75) is 30.5 Å². The molecule has 36 heavy (non-hydrogen) atoms. The fourth-order valence-corrected chi connectivity index (χ4v) is 4.53. The Bertz CT molecular complexity index is 1320. The number of imidazole rings is 1. The van der Waals surface area contributed by atoms with Crippen LogP contribution >= 0.6 is 0 Å². The monoisotopic (exact) mass is 486 g/mol. The van der Waals surface area contributed by atoms with E-state index < -0.39 is 24.5 Å². The standard InChI is InChI=1S/C26H26N6O4/c1-35-14-19-22(33)23(34)26(36-19)32-15-29-21-24(30-20(12-27)31-25(21)32)28-13-18(16-8-4-2-5-9-16)17-10-6-3-7-11-17/h2-11,15,18-19,22-23,26,33-34H,13-14H2,1H3,(H,28,30,31)/t19-,22-,23-,26-/m1/s1. The molecule has 0 unspecified atom stereocenters. The lowest BCUT2D eigenvalue weighted by molar-refractivity contribution is -0.0580. The first-order chi connectivity index (χ1) is 17.6. The number of hydrogen-bond acceptors (Lipinski definition) is 9. The van der Waals surface area contributed by atoms with Crippen molar-refractivity contribution >= 4 is 17.0 Å². The summed E-state index contributed by atoms with van der Waals surface area (Å²) < 4.78 is 12.4. The second-order valence-corrected chi connectivity index (χ2v) is 8.59. The van der Waals surface area contributed by atoms with Gasteiger partial charge in [0.1, 0.15) is 24.4 Å². The number of ether oxygens (including phenoxy) is 2. The van der Waals surface area contributed by atoms with Crippen LogP contribution in [-0.2, 0) is 9.47 Å². The zero-order valence-corrected chi connectivity index (χ0v) is 19.6. The van der Waals surface area contributed by atoms with Gasteiger partial charge < -0.3 is 25.0 Å². The zero-order valence-electron chi connectivity index (χ0n) is 19.6. The highest BCUT2D eigenvalue weighted by atomic mass is 16.6. The maximum atomic E-state index is 10.6. The number of aromatic nitrogens is 4. The number of nitriles is 1. The van der Waals surface area contributed by atoms with Gasteiger partial charge in [-0.25, -0.2) is 4.98 Å². The van der Waals surface area contributed by atoms with E-state index in [0.717, 1.165) is 11.1 Å². The van der Waals surface area contributed by atoms with Crippen LogP contribution in [0, 0.1) is 11.3 Å². The molecule has 0 radical (unpaired) electrons. The van der Waals surface area contributed by atoms with Crippen molar-refractivity contribution in [3.8, 4) is 6.07 Å². The number of nitrogens with zero attached hydrogens (tertiary/aromatic N) is 5. The first kappa shape index (κ1) is 23.8. The van der Waals surface area contributed by atoms with Crippen LogP contribution in [-0.4, -0.2) is 68.3 Å². The Morgan fingerprint density at radius 3 is 2.33 bits per heavy atom. The number of benzene rings is 2. The number of rotatable bonds is 8. The van der Waals surface area contributed by atoms with Gasteiger partial charge >= 0.3 is 0 Å². The molecule has 0 aliphatic carbocycles.